The number of fused-ring (bicyclic) bond motifs is 1. The molecule has 0 fully saturated rings. The summed E-state index contributed by atoms with van der Waals surface area (Å²) in [5.41, 5.74) is 1.71. The molecule has 3 rings (SSSR count). The summed E-state index contributed by atoms with van der Waals surface area (Å²) in [6.07, 6.45) is -0.00151. The quantitative estimate of drug-likeness (QED) is 0.795. The van der Waals surface area contributed by atoms with E-state index in [1.807, 2.05) is 31.2 Å². The van der Waals surface area contributed by atoms with Crippen LogP contribution >= 0.6 is 0 Å². The van der Waals surface area contributed by atoms with Gasteiger partial charge in [-0.05, 0) is 35.7 Å². The highest BCUT2D eigenvalue weighted by molar-refractivity contribution is 5.77. The van der Waals surface area contributed by atoms with E-state index >= 15 is 0 Å². The number of aliphatic hydroxyl groups is 1. The summed E-state index contributed by atoms with van der Waals surface area (Å²) in [6.45, 7) is 3.04. The van der Waals surface area contributed by atoms with E-state index in [2.05, 4.69) is 5.32 Å². The molecule has 6 heteroatoms. The van der Waals surface area contributed by atoms with Crippen molar-refractivity contribution in [3.8, 4) is 17.2 Å². The summed E-state index contributed by atoms with van der Waals surface area (Å²) >= 11 is 0. The molecule has 138 valence electrons. The number of hydrogen-bond acceptors (Lipinski definition) is 5. The lowest BCUT2D eigenvalue weighted by atomic mass is 10.1. The van der Waals surface area contributed by atoms with Crippen molar-refractivity contribution in [2.24, 2.45) is 0 Å². The number of aliphatic hydroxyl groups excluding tert-OH is 1. The van der Waals surface area contributed by atoms with Gasteiger partial charge in [-0.3, -0.25) is 4.79 Å². The van der Waals surface area contributed by atoms with Crippen molar-refractivity contribution in [2.45, 2.75) is 19.4 Å². The highest BCUT2D eigenvalue weighted by Crippen LogP contribution is 2.32. The number of benzene rings is 2. The maximum atomic E-state index is 12.0. The van der Waals surface area contributed by atoms with Gasteiger partial charge in [0, 0.05) is 6.54 Å². The molecule has 6 nitrogen and oxygen atoms in total. The molecular formula is C20H23NO5. The molecule has 26 heavy (non-hydrogen) atoms. The number of hydrogen-bond donors (Lipinski definition) is 2. The van der Waals surface area contributed by atoms with E-state index in [0.717, 1.165) is 12.0 Å². The topological polar surface area (TPSA) is 77.0 Å². The fraction of sp³-hybridized carbons (Fsp3) is 0.350. The van der Waals surface area contributed by atoms with Gasteiger partial charge in [0.05, 0.1) is 6.10 Å². The molecule has 0 bridgehead atoms. The Bertz CT molecular complexity index is 762. The molecule has 1 unspecified atom stereocenters. The van der Waals surface area contributed by atoms with Gasteiger partial charge in [0.15, 0.2) is 18.1 Å². The average molecular weight is 357 g/mol. The molecule has 0 saturated heterocycles. The summed E-state index contributed by atoms with van der Waals surface area (Å²) in [5, 5.41) is 13.0. The number of ether oxygens (including phenoxy) is 3. The second-order valence-electron chi connectivity index (χ2n) is 5.97. The van der Waals surface area contributed by atoms with E-state index in [-0.39, 0.29) is 19.1 Å². The second-order valence-corrected chi connectivity index (χ2v) is 5.97. The van der Waals surface area contributed by atoms with E-state index in [0.29, 0.717) is 36.0 Å². The molecule has 1 aliphatic heterocycles. The van der Waals surface area contributed by atoms with Crippen LogP contribution in [-0.4, -0.2) is 37.4 Å². The molecule has 0 aromatic heterocycles. The van der Waals surface area contributed by atoms with Crippen molar-refractivity contribution in [3.05, 3.63) is 53.6 Å². The molecule has 2 aromatic rings. The van der Waals surface area contributed by atoms with E-state index in [4.69, 9.17) is 14.2 Å². The first-order valence-electron chi connectivity index (χ1n) is 8.72. The third-order valence-corrected chi connectivity index (χ3v) is 4.16. The zero-order chi connectivity index (χ0) is 18.4. The van der Waals surface area contributed by atoms with Gasteiger partial charge in [-0.25, -0.2) is 0 Å². The Kier molecular flexibility index (Phi) is 5.96. The Morgan fingerprint density at radius 2 is 1.96 bits per heavy atom. The number of carbonyl (C=O) groups excluding carboxylic acids is 1. The lowest BCUT2D eigenvalue weighted by molar-refractivity contribution is -0.123. The first kappa shape index (κ1) is 18.1. The van der Waals surface area contributed by atoms with Crippen molar-refractivity contribution in [1.82, 2.24) is 5.32 Å². The largest absolute Gasteiger partial charge is 0.486 e. The summed E-state index contributed by atoms with van der Waals surface area (Å²) in [7, 11) is 0. The number of para-hydroxylation sites is 1. The Labute approximate surface area is 152 Å². The van der Waals surface area contributed by atoms with Gasteiger partial charge in [0.2, 0.25) is 0 Å². The summed E-state index contributed by atoms with van der Waals surface area (Å²) in [5.74, 6) is 1.70. The van der Waals surface area contributed by atoms with Crippen molar-refractivity contribution < 1.29 is 24.1 Å². The third-order valence-electron chi connectivity index (χ3n) is 4.16. The van der Waals surface area contributed by atoms with Crippen LogP contribution in [0, 0.1) is 0 Å². The van der Waals surface area contributed by atoms with E-state index < -0.39 is 6.10 Å². The lowest BCUT2D eigenvalue weighted by Crippen LogP contribution is -2.32. The van der Waals surface area contributed by atoms with Gasteiger partial charge in [-0.1, -0.05) is 31.2 Å². The molecule has 1 aliphatic rings. The number of aryl methyl sites for hydroxylation is 1. The Hall–Kier alpha value is -2.73. The third kappa shape index (κ3) is 4.46. The monoisotopic (exact) mass is 357 g/mol. The number of rotatable bonds is 7. The smallest absolute Gasteiger partial charge is 0.258 e. The van der Waals surface area contributed by atoms with Crippen LogP contribution in [0.2, 0.25) is 0 Å². The van der Waals surface area contributed by atoms with Crippen molar-refractivity contribution in [2.75, 3.05) is 26.4 Å². The SMILES string of the molecule is CCc1ccccc1OCC(=O)NCC(O)c1ccc2c(c1)OCCO2. The fourth-order valence-electron chi connectivity index (χ4n) is 2.73. The summed E-state index contributed by atoms with van der Waals surface area (Å²) in [6, 6.07) is 12.9. The minimum absolute atomic E-state index is 0.0924. The number of carbonyl (C=O) groups is 1. The number of nitrogens with one attached hydrogen (secondary N) is 1. The van der Waals surface area contributed by atoms with Gasteiger partial charge in [-0.2, -0.15) is 0 Å². The molecule has 0 radical (unpaired) electrons. The van der Waals surface area contributed by atoms with E-state index in [1.165, 1.54) is 0 Å². The molecule has 0 spiro atoms. The van der Waals surface area contributed by atoms with Gasteiger partial charge >= 0.3 is 0 Å². The standard InChI is InChI=1S/C20H23NO5/c1-2-14-5-3-4-6-17(14)26-13-20(23)21-12-16(22)15-7-8-18-19(11-15)25-10-9-24-18/h3-8,11,16,22H,2,9-10,12-13H2,1H3,(H,21,23). The van der Waals surface area contributed by atoms with Crippen molar-refractivity contribution >= 4 is 5.91 Å². The highest BCUT2D eigenvalue weighted by atomic mass is 16.6. The molecule has 0 aliphatic carbocycles. The van der Waals surface area contributed by atoms with Crippen LogP contribution in [0.15, 0.2) is 42.5 Å². The average Bonchev–Trinajstić information content (AvgIpc) is 2.70. The molecule has 1 amide bonds. The Morgan fingerprint density at radius 3 is 2.77 bits per heavy atom. The van der Waals surface area contributed by atoms with Crippen LogP contribution in [0.5, 0.6) is 17.2 Å². The molecule has 1 heterocycles. The molecule has 2 N–H and O–H groups in total. The maximum Gasteiger partial charge on any atom is 0.258 e. The first-order valence-corrected chi connectivity index (χ1v) is 8.72. The van der Waals surface area contributed by atoms with Crippen LogP contribution in [0.25, 0.3) is 0 Å². The zero-order valence-electron chi connectivity index (χ0n) is 14.7. The highest BCUT2D eigenvalue weighted by Gasteiger charge is 2.16. The molecule has 0 saturated carbocycles. The lowest BCUT2D eigenvalue weighted by Gasteiger charge is -2.20. The minimum Gasteiger partial charge on any atom is -0.486 e. The Morgan fingerprint density at radius 1 is 1.19 bits per heavy atom. The van der Waals surface area contributed by atoms with E-state index in [1.54, 1.807) is 18.2 Å². The van der Waals surface area contributed by atoms with Gasteiger partial charge < -0.3 is 24.6 Å². The predicted molar refractivity (Wildman–Crippen MR) is 96.7 cm³/mol. The first-order chi connectivity index (χ1) is 12.7. The molecular weight excluding hydrogens is 334 g/mol. The van der Waals surface area contributed by atoms with Gasteiger partial charge in [0.1, 0.15) is 19.0 Å². The van der Waals surface area contributed by atoms with Gasteiger partial charge in [0.25, 0.3) is 5.91 Å². The van der Waals surface area contributed by atoms with Crippen molar-refractivity contribution in [1.29, 1.82) is 0 Å². The minimum atomic E-state index is -0.835. The van der Waals surface area contributed by atoms with Crippen LogP contribution in [0.1, 0.15) is 24.2 Å². The zero-order valence-corrected chi connectivity index (χ0v) is 14.7. The summed E-state index contributed by atoms with van der Waals surface area (Å²) < 4.78 is 16.5. The van der Waals surface area contributed by atoms with Crippen LogP contribution < -0.4 is 19.5 Å². The van der Waals surface area contributed by atoms with Crippen LogP contribution in [-0.2, 0) is 11.2 Å². The predicted octanol–water partition coefficient (Wildman–Crippen LogP) is 2.25. The summed E-state index contributed by atoms with van der Waals surface area (Å²) in [4.78, 5) is 12.0. The second kappa shape index (κ2) is 8.58. The van der Waals surface area contributed by atoms with Crippen LogP contribution in [0.3, 0.4) is 0 Å². The maximum absolute atomic E-state index is 12.0. The van der Waals surface area contributed by atoms with E-state index in [9.17, 15) is 9.90 Å². The number of amides is 1. The molecule has 1 atom stereocenters. The van der Waals surface area contributed by atoms with Crippen LogP contribution in [0.4, 0.5) is 0 Å². The Balaban J connectivity index is 1.49. The molecule has 2 aromatic carbocycles. The fourth-order valence-corrected chi connectivity index (χ4v) is 2.73. The van der Waals surface area contributed by atoms with Gasteiger partial charge in [-0.15, -0.1) is 0 Å². The normalized spacial score (nSPS) is 13.8. The van der Waals surface area contributed by atoms with Crippen molar-refractivity contribution in [3.63, 3.8) is 0 Å².